The summed E-state index contributed by atoms with van der Waals surface area (Å²) in [4.78, 5) is 9.85. The SMILES string of the molecule is C=CC.CCCCCCC(=O)[O-].[NH4+]. The molecule has 13 heavy (non-hydrogen) atoms. The fourth-order valence-corrected chi connectivity index (χ4v) is 0.696. The molecule has 0 unspecified atom stereocenters. The first-order valence-electron chi connectivity index (χ1n) is 4.45. The van der Waals surface area contributed by atoms with Crippen LogP contribution in [0.2, 0.25) is 0 Å². The minimum atomic E-state index is -0.925. The second-order valence-corrected chi connectivity index (χ2v) is 2.59. The van der Waals surface area contributed by atoms with E-state index < -0.39 is 5.97 Å². The summed E-state index contributed by atoms with van der Waals surface area (Å²) in [5.74, 6) is -0.925. The molecule has 0 heterocycles. The molecule has 0 aromatic heterocycles. The number of carboxylic acids is 1. The van der Waals surface area contributed by atoms with Crippen molar-refractivity contribution in [2.45, 2.75) is 46.0 Å². The van der Waals surface area contributed by atoms with Crippen LogP contribution in [-0.2, 0) is 4.79 Å². The fourth-order valence-electron chi connectivity index (χ4n) is 0.696. The van der Waals surface area contributed by atoms with E-state index in [4.69, 9.17) is 0 Å². The molecule has 3 nitrogen and oxygen atoms in total. The Hall–Kier alpha value is -0.830. The Kier molecular flexibility index (Phi) is 24.0. The Labute approximate surface area is 81.4 Å². The van der Waals surface area contributed by atoms with Crippen LogP contribution >= 0.6 is 0 Å². The first kappa shape index (κ1) is 18.1. The Bertz CT molecular complexity index is 113. The Morgan fingerprint density at radius 2 is 1.85 bits per heavy atom. The Morgan fingerprint density at radius 3 is 2.15 bits per heavy atom. The summed E-state index contributed by atoms with van der Waals surface area (Å²) in [6.45, 7) is 7.35. The summed E-state index contributed by atoms with van der Waals surface area (Å²) in [5.41, 5.74) is 0. The molecule has 0 fully saturated rings. The molecule has 0 saturated carbocycles. The Balaban J connectivity index is -0.000000220. The zero-order chi connectivity index (χ0) is 9.82. The molecule has 0 aliphatic rings. The van der Waals surface area contributed by atoms with Crippen LogP contribution in [0.5, 0.6) is 0 Å². The van der Waals surface area contributed by atoms with Crippen LogP contribution in [0.4, 0.5) is 0 Å². The largest absolute Gasteiger partial charge is 0.550 e. The number of hydrogen-bond donors (Lipinski definition) is 1. The first-order chi connectivity index (χ1) is 5.68. The predicted octanol–water partition coefficient (Wildman–Crippen LogP) is 2.28. The number of hydrogen-bond acceptors (Lipinski definition) is 2. The quantitative estimate of drug-likeness (QED) is 0.532. The molecule has 0 atom stereocenters. The van der Waals surface area contributed by atoms with Gasteiger partial charge in [0.25, 0.3) is 0 Å². The summed E-state index contributed by atoms with van der Waals surface area (Å²) in [6, 6.07) is 0. The molecular weight excluding hydrogens is 166 g/mol. The van der Waals surface area contributed by atoms with Crippen molar-refractivity contribution in [2.24, 2.45) is 0 Å². The van der Waals surface area contributed by atoms with Crippen LogP contribution in [0.25, 0.3) is 0 Å². The molecule has 0 aliphatic heterocycles. The standard InChI is InChI=1S/C7H14O2.C3H6.H3N/c1-2-3-4-5-6-7(8)9;1-3-2;/h2-6H2,1H3,(H,8,9);3H,1H2,2H3;1H3. The highest BCUT2D eigenvalue weighted by Gasteiger charge is 1.86. The van der Waals surface area contributed by atoms with Crippen molar-refractivity contribution in [1.82, 2.24) is 6.15 Å². The van der Waals surface area contributed by atoms with Crippen LogP contribution < -0.4 is 11.3 Å². The summed E-state index contributed by atoms with van der Waals surface area (Å²) in [5, 5.41) is 9.85. The average Bonchev–Trinajstić information content (AvgIpc) is 1.99. The van der Waals surface area contributed by atoms with E-state index in [1.54, 1.807) is 6.08 Å². The van der Waals surface area contributed by atoms with Gasteiger partial charge in [-0.3, -0.25) is 0 Å². The van der Waals surface area contributed by atoms with Gasteiger partial charge < -0.3 is 16.1 Å². The maximum atomic E-state index is 9.85. The topological polar surface area (TPSA) is 76.6 Å². The molecule has 0 spiro atoms. The van der Waals surface area contributed by atoms with Gasteiger partial charge in [0.05, 0.1) is 0 Å². The van der Waals surface area contributed by atoms with E-state index in [-0.39, 0.29) is 12.6 Å². The van der Waals surface area contributed by atoms with Gasteiger partial charge in [-0.25, -0.2) is 0 Å². The summed E-state index contributed by atoms with van der Waals surface area (Å²) in [6.07, 6.45) is 6.04. The number of carbonyl (C=O) groups is 1. The van der Waals surface area contributed by atoms with Gasteiger partial charge in [-0.05, 0) is 19.8 Å². The monoisotopic (exact) mass is 189 g/mol. The number of allylic oxidation sites excluding steroid dienone is 1. The molecule has 0 amide bonds. The minimum Gasteiger partial charge on any atom is -0.550 e. The van der Waals surface area contributed by atoms with E-state index in [1.807, 2.05) is 6.92 Å². The van der Waals surface area contributed by atoms with E-state index in [0.717, 1.165) is 25.7 Å². The molecular formula is C10H23NO2. The fraction of sp³-hybridized carbons (Fsp3) is 0.700. The van der Waals surface area contributed by atoms with Crippen molar-refractivity contribution in [1.29, 1.82) is 0 Å². The first-order valence-corrected chi connectivity index (χ1v) is 4.45. The van der Waals surface area contributed by atoms with Crippen molar-refractivity contribution in [3.8, 4) is 0 Å². The lowest BCUT2D eigenvalue weighted by molar-refractivity contribution is -0.305. The minimum absolute atomic E-state index is 0. The number of aliphatic carboxylic acids is 1. The van der Waals surface area contributed by atoms with Crippen molar-refractivity contribution in [2.75, 3.05) is 0 Å². The maximum absolute atomic E-state index is 9.85. The molecule has 0 aliphatic carbocycles. The van der Waals surface area contributed by atoms with E-state index in [0.29, 0.717) is 0 Å². The normalized spacial score (nSPS) is 7.54. The second kappa shape index (κ2) is 17.3. The molecule has 0 rings (SSSR count). The van der Waals surface area contributed by atoms with E-state index in [1.165, 1.54) is 0 Å². The number of carboxylic acid groups (broad SMARTS) is 1. The van der Waals surface area contributed by atoms with Crippen LogP contribution in [0.15, 0.2) is 12.7 Å². The highest BCUT2D eigenvalue weighted by atomic mass is 16.4. The smallest absolute Gasteiger partial charge is 0.0414 e. The molecule has 0 aromatic rings. The zero-order valence-corrected chi connectivity index (χ0v) is 9.14. The molecule has 0 saturated heterocycles. The maximum Gasteiger partial charge on any atom is 0.0414 e. The molecule has 80 valence electrons. The molecule has 4 N–H and O–H groups in total. The van der Waals surface area contributed by atoms with Crippen molar-refractivity contribution in [3.05, 3.63) is 12.7 Å². The number of rotatable bonds is 5. The number of carbonyl (C=O) groups excluding carboxylic acids is 1. The lowest BCUT2D eigenvalue weighted by Gasteiger charge is -1.99. The zero-order valence-electron chi connectivity index (χ0n) is 9.14. The van der Waals surface area contributed by atoms with E-state index in [9.17, 15) is 9.90 Å². The number of quaternary nitrogens is 1. The van der Waals surface area contributed by atoms with Gasteiger partial charge in [0.2, 0.25) is 0 Å². The average molecular weight is 189 g/mol. The third-order valence-corrected chi connectivity index (χ3v) is 1.23. The van der Waals surface area contributed by atoms with Crippen LogP contribution in [0.1, 0.15) is 46.0 Å². The van der Waals surface area contributed by atoms with Gasteiger partial charge in [-0.2, -0.15) is 0 Å². The molecule has 0 aromatic carbocycles. The summed E-state index contributed by atoms with van der Waals surface area (Å²) >= 11 is 0. The van der Waals surface area contributed by atoms with Crippen LogP contribution in [0.3, 0.4) is 0 Å². The van der Waals surface area contributed by atoms with Gasteiger partial charge in [0.15, 0.2) is 0 Å². The van der Waals surface area contributed by atoms with E-state index in [2.05, 4.69) is 13.5 Å². The molecule has 0 bridgehead atoms. The van der Waals surface area contributed by atoms with Gasteiger partial charge in [-0.15, -0.1) is 6.58 Å². The van der Waals surface area contributed by atoms with Gasteiger partial charge >= 0.3 is 0 Å². The van der Waals surface area contributed by atoms with Crippen molar-refractivity contribution >= 4 is 5.97 Å². The van der Waals surface area contributed by atoms with Crippen LogP contribution in [0, 0.1) is 0 Å². The second-order valence-electron chi connectivity index (χ2n) is 2.59. The van der Waals surface area contributed by atoms with Gasteiger partial charge in [0, 0.05) is 5.97 Å². The Morgan fingerprint density at radius 1 is 1.38 bits per heavy atom. The lowest BCUT2D eigenvalue weighted by Crippen LogP contribution is -2.21. The molecule has 3 heteroatoms. The van der Waals surface area contributed by atoms with E-state index >= 15 is 0 Å². The lowest BCUT2D eigenvalue weighted by atomic mass is 10.2. The third-order valence-electron chi connectivity index (χ3n) is 1.23. The molecule has 0 radical (unpaired) electrons. The van der Waals surface area contributed by atoms with Crippen LogP contribution in [-0.4, -0.2) is 5.97 Å². The highest BCUT2D eigenvalue weighted by molar-refractivity contribution is 5.63. The van der Waals surface area contributed by atoms with Gasteiger partial charge in [-0.1, -0.05) is 32.3 Å². The third kappa shape index (κ3) is 35.1. The van der Waals surface area contributed by atoms with Gasteiger partial charge in [0.1, 0.15) is 0 Å². The number of unbranched alkanes of at least 4 members (excludes halogenated alkanes) is 3. The summed E-state index contributed by atoms with van der Waals surface area (Å²) < 4.78 is 0. The summed E-state index contributed by atoms with van der Waals surface area (Å²) in [7, 11) is 0. The van der Waals surface area contributed by atoms with Crippen molar-refractivity contribution in [3.63, 3.8) is 0 Å². The van der Waals surface area contributed by atoms with Crippen molar-refractivity contribution < 1.29 is 9.90 Å². The predicted molar refractivity (Wildman–Crippen MR) is 55.6 cm³/mol. The highest BCUT2D eigenvalue weighted by Crippen LogP contribution is 2.00.